The van der Waals surface area contributed by atoms with E-state index < -0.39 is 0 Å². The van der Waals surface area contributed by atoms with Gasteiger partial charge in [-0.15, -0.1) is 0 Å². The molecule has 1 amide bonds. The second-order valence-electron chi connectivity index (χ2n) is 4.26. The van der Waals surface area contributed by atoms with Crippen LogP contribution in [0.4, 0.5) is 0 Å². The van der Waals surface area contributed by atoms with Gasteiger partial charge in [-0.05, 0) is 38.4 Å². The normalized spacial score (nSPS) is 10.1. The molecule has 0 spiro atoms. The van der Waals surface area contributed by atoms with Crippen LogP contribution in [0.15, 0.2) is 12.1 Å². The summed E-state index contributed by atoms with van der Waals surface area (Å²) in [6.45, 7) is 3.15. The standard InChI is InChI=1S/C14H22N2O3/c1-10-12(18-2)8-11(9-13(10)19-3)14(17)16-7-5-4-6-15/h8-9H,4-7,15H2,1-3H3,(H,16,17). The Morgan fingerprint density at radius 3 is 2.26 bits per heavy atom. The fraction of sp³-hybridized carbons (Fsp3) is 0.500. The summed E-state index contributed by atoms with van der Waals surface area (Å²) in [7, 11) is 3.15. The molecule has 106 valence electrons. The van der Waals surface area contributed by atoms with Crippen molar-refractivity contribution in [3.8, 4) is 11.5 Å². The van der Waals surface area contributed by atoms with Crippen molar-refractivity contribution in [2.45, 2.75) is 19.8 Å². The summed E-state index contributed by atoms with van der Waals surface area (Å²) in [5, 5.41) is 2.85. The van der Waals surface area contributed by atoms with E-state index in [0.29, 0.717) is 30.2 Å². The third-order valence-corrected chi connectivity index (χ3v) is 2.93. The molecule has 0 aliphatic rings. The fourth-order valence-corrected chi connectivity index (χ4v) is 1.79. The lowest BCUT2D eigenvalue weighted by atomic mass is 10.1. The lowest BCUT2D eigenvalue weighted by Crippen LogP contribution is -2.25. The van der Waals surface area contributed by atoms with Gasteiger partial charge in [-0.2, -0.15) is 0 Å². The Hall–Kier alpha value is -1.75. The van der Waals surface area contributed by atoms with Crippen LogP contribution in [0, 0.1) is 6.92 Å². The average molecular weight is 266 g/mol. The van der Waals surface area contributed by atoms with Crippen molar-refractivity contribution < 1.29 is 14.3 Å². The van der Waals surface area contributed by atoms with Crippen LogP contribution in [-0.2, 0) is 0 Å². The summed E-state index contributed by atoms with van der Waals surface area (Å²) in [6.07, 6.45) is 1.78. The zero-order valence-electron chi connectivity index (χ0n) is 11.8. The predicted octanol–water partition coefficient (Wildman–Crippen LogP) is 1.48. The highest BCUT2D eigenvalue weighted by atomic mass is 16.5. The minimum atomic E-state index is -0.131. The molecule has 5 nitrogen and oxygen atoms in total. The predicted molar refractivity (Wildman–Crippen MR) is 74.9 cm³/mol. The maximum absolute atomic E-state index is 12.0. The summed E-state index contributed by atoms with van der Waals surface area (Å²) in [5.74, 6) is 1.16. The van der Waals surface area contributed by atoms with Gasteiger partial charge in [-0.25, -0.2) is 0 Å². The molecular formula is C14H22N2O3. The van der Waals surface area contributed by atoms with Crippen LogP contribution in [0.3, 0.4) is 0 Å². The highest BCUT2D eigenvalue weighted by molar-refractivity contribution is 5.95. The molecule has 1 aromatic carbocycles. The second-order valence-corrected chi connectivity index (χ2v) is 4.26. The number of nitrogens with two attached hydrogens (primary N) is 1. The van der Waals surface area contributed by atoms with Gasteiger partial charge in [0.25, 0.3) is 5.91 Å². The third-order valence-electron chi connectivity index (χ3n) is 2.93. The molecule has 0 bridgehead atoms. The number of hydrogen-bond acceptors (Lipinski definition) is 4. The van der Waals surface area contributed by atoms with E-state index in [9.17, 15) is 4.79 Å². The smallest absolute Gasteiger partial charge is 0.251 e. The Bertz CT molecular complexity index is 408. The zero-order valence-corrected chi connectivity index (χ0v) is 11.8. The van der Waals surface area contributed by atoms with Gasteiger partial charge in [0.05, 0.1) is 14.2 Å². The maximum atomic E-state index is 12.0. The minimum Gasteiger partial charge on any atom is -0.496 e. The molecule has 1 aromatic rings. The third kappa shape index (κ3) is 4.13. The Morgan fingerprint density at radius 1 is 1.21 bits per heavy atom. The molecule has 0 atom stereocenters. The molecule has 0 saturated heterocycles. The molecular weight excluding hydrogens is 244 g/mol. The summed E-state index contributed by atoms with van der Waals surface area (Å²) in [6, 6.07) is 3.44. The lowest BCUT2D eigenvalue weighted by Gasteiger charge is -2.12. The molecule has 0 aliphatic heterocycles. The molecule has 5 heteroatoms. The summed E-state index contributed by atoms with van der Waals surface area (Å²) in [5.41, 5.74) is 6.82. The average Bonchev–Trinajstić information content (AvgIpc) is 2.43. The first-order valence-corrected chi connectivity index (χ1v) is 6.35. The molecule has 0 heterocycles. The van der Waals surface area contributed by atoms with Gasteiger partial charge in [0, 0.05) is 17.7 Å². The van der Waals surface area contributed by atoms with Crippen molar-refractivity contribution in [1.29, 1.82) is 0 Å². The number of ether oxygens (including phenoxy) is 2. The van der Waals surface area contributed by atoms with Gasteiger partial charge < -0.3 is 20.5 Å². The molecule has 0 aliphatic carbocycles. The number of carbonyl (C=O) groups is 1. The zero-order chi connectivity index (χ0) is 14.3. The molecule has 0 saturated carbocycles. The van der Waals surface area contributed by atoms with Gasteiger partial charge in [-0.1, -0.05) is 0 Å². The van der Waals surface area contributed by atoms with E-state index >= 15 is 0 Å². The molecule has 1 rings (SSSR count). The molecule has 0 aromatic heterocycles. The van der Waals surface area contributed by atoms with Crippen LogP contribution in [0.2, 0.25) is 0 Å². The van der Waals surface area contributed by atoms with Gasteiger partial charge in [0.15, 0.2) is 0 Å². The molecule has 0 unspecified atom stereocenters. The van der Waals surface area contributed by atoms with Gasteiger partial charge in [-0.3, -0.25) is 4.79 Å². The molecule has 0 radical (unpaired) electrons. The van der Waals surface area contributed by atoms with Crippen molar-refractivity contribution in [3.05, 3.63) is 23.3 Å². The van der Waals surface area contributed by atoms with Crippen molar-refractivity contribution >= 4 is 5.91 Å². The Kier molecular flexibility index (Phi) is 6.15. The molecule has 3 N–H and O–H groups in total. The number of hydrogen-bond donors (Lipinski definition) is 2. The van der Waals surface area contributed by atoms with Gasteiger partial charge in [0.1, 0.15) is 11.5 Å². The number of methoxy groups -OCH3 is 2. The lowest BCUT2D eigenvalue weighted by molar-refractivity contribution is 0.0952. The molecule has 0 fully saturated rings. The van der Waals surface area contributed by atoms with Crippen LogP contribution in [-0.4, -0.2) is 33.2 Å². The number of nitrogens with one attached hydrogen (secondary N) is 1. The van der Waals surface area contributed by atoms with Gasteiger partial charge in [0.2, 0.25) is 0 Å². The van der Waals surface area contributed by atoms with E-state index in [-0.39, 0.29) is 5.91 Å². The number of benzene rings is 1. The largest absolute Gasteiger partial charge is 0.496 e. The quantitative estimate of drug-likeness (QED) is 0.733. The van der Waals surface area contributed by atoms with Crippen molar-refractivity contribution in [3.63, 3.8) is 0 Å². The topological polar surface area (TPSA) is 73.6 Å². The highest BCUT2D eigenvalue weighted by Gasteiger charge is 2.13. The second kappa shape index (κ2) is 7.63. The SMILES string of the molecule is COc1cc(C(=O)NCCCCN)cc(OC)c1C. The Balaban J connectivity index is 2.79. The minimum absolute atomic E-state index is 0.131. The summed E-state index contributed by atoms with van der Waals surface area (Å²) in [4.78, 5) is 12.0. The van der Waals surface area contributed by atoms with Gasteiger partial charge >= 0.3 is 0 Å². The van der Waals surface area contributed by atoms with E-state index in [2.05, 4.69) is 5.32 Å². The Labute approximate surface area is 114 Å². The molecule has 19 heavy (non-hydrogen) atoms. The van der Waals surface area contributed by atoms with E-state index in [1.807, 2.05) is 6.92 Å². The first kappa shape index (κ1) is 15.3. The van der Waals surface area contributed by atoms with Crippen LogP contribution in [0.1, 0.15) is 28.8 Å². The van der Waals surface area contributed by atoms with E-state index in [0.717, 1.165) is 18.4 Å². The highest BCUT2D eigenvalue weighted by Crippen LogP contribution is 2.29. The van der Waals surface area contributed by atoms with E-state index in [1.54, 1.807) is 26.4 Å². The van der Waals surface area contributed by atoms with Crippen LogP contribution < -0.4 is 20.5 Å². The number of amides is 1. The first-order chi connectivity index (χ1) is 9.13. The van der Waals surface area contributed by atoms with Crippen LogP contribution >= 0.6 is 0 Å². The number of rotatable bonds is 7. The fourth-order valence-electron chi connectivity index (χ4n) is 1.79. The monoisotopic (exact) mass is 266 g/mol. The Morgan fingerprint density at radius 2 is 1.79 bits per heavy atom. The number of carbonyl (C=O) groups excluding carboxylic acids is 1. The van der Waals surface area contributed by atoms with Crippen molar-refractivity contribution in [1.82, 2.24) is 5.32 Å². The van der Waals surface area contributed by atoms with E-state index in [1.165, 1.54) is 0 Å². The van der Waals surface area contributed by atoms with Crippen molar-refractivity contribution in [2.24, 2.45) is 5.73 Å². The van der Waals surface area contributed by atoms with E-state index in [4.69, 9.17) is 15.2 Å². The number of unbranched alkanes of at least 4 members (excludes halogenated alkanes) is 1. The summed E-state index contributed by atoms with van der Waals surface area (Å²) >= 11 is 0. The van der Waals surface area contributed by atoms with Crippen LogP contribution in [0.5, 0.6) is 11.5 Å². The van der Waals surface area contributed by atoms with Crippen molar-refractivity contribution in [2.75, 3.05) is 27.3 Å². The summed E-state index contributed by atoms with van der Waals surface area (Å²) < 4.78 is 10.5. The first-order valence-electron chi connectivity index (χ1n) is 6.35. The maximum Gasteiger partial charge on any atom is 0.251 e. The van der Waals surface area contributed by atoms with Crippen LogP contribution in [0.25, 0.3) is 0 Å².